The van der Waals surface area contributed by atoms with Gasteiger partial charge in [-0.15, -0.1) is 0 Å². The van der Waals surface area contributed by atoms with Gasteiger partial charge in [-0.2, -0.15) is 0 Å². The Kier molecular flexibility index (Phi) is 4.79. The summed E-state index contributed by atoms with van der Waals surface area (Å²) < 4.78 is 0. The number of rotatable bonds is 5. The standard InChI is InChI=1S/C12H25N/c1-4-5-11-8-9-13-12(11)7-6-10(2)3/h10-13H,4-9H2,1-3H3. The summed E-state index contributed by atoms with van der Waals surface area (Å²) in [6.07, 6.45) is 6.97. The Morgan fingerprint density at radius 2 is 2.08 bits per heavy atom. The van der Waals surface area contributed by atoms with Crippen molar-refractivity contribution in [2.75, 3.05) is 6.54 Å². The van der Waals surface area contributed by atoms with Crippen LogP contribution in [-0.2, 0) is 0 Å². The Morgan fingerprint density at radius 3 is 2.69 bits per heavy atom. The van der Waals surface area contributed by atoms with Crippen molar-refractivity contribution in [2.24, 2.45) is 11.8 Å². The summed E-state index contributed by atoms with van der Waals surface area (Å²) in [5.41, 5.74) is 0. The fourth-order valence-electron chi connectivity index (χ4n) is 2.39. The van der Waals surface area contributed by atoms with Crippen molar-refractivity contribution in [3.05, 3.63) is 0 Å². The van der Waals surface area contributed by atoms with Gasteiger partial charge >= 0.3 is 0 Å². The van der Waals surface area contributed by atoms with E-state index in [-0.39, 0.29) is 0 Å². The van der Waals surface area contributed by atoms with Gasteiger partial charge in [-0.1, -0.05) is 27.2 Å². The Labute approximate surface area is 83.3 Å². The molecule has 13 heavy (non-hydrogen) atoms. The van der Waals surface area contributed by atoms with Crippen molar-refractivity contribution in [1.29, 1.82) is 0 Å². The average Bonchev–Trinajstić information content (AvgIpc) is 2.49. The second kappa shape index (κ2) is 5.64. The van der Waals surface area contributed by atoms with Gasteiger partial charge in [0.15, 0.2) is 0 Å². The average molecular weight is 183 g/mol. The Balaban J connectivity index is 2.22. The molecule has 1 N–H and O–H groups in total. The third-order valence-corrected chi connectivity index (χ3v) is 3.21. The van der Waals surface area contributed by atoms with Crippen molar-refractivity contribution in [1.82, 2.24) is 5.32 Å². The first-order valence-corrected chi connectivity index (χ1v) is 5.97. The monoisotopic (exact) mass is 183 g/mol. The molecule has 0 spiro atoms. The molecule has 1 rings (SSSR count). The molecule has 0 aliphatic carbocycles. The Hall–Kier alpha value is -0.0400. The highest BCUT2D eigenvalue weighted by atomic mass is 14.9. The van der Waals surface area contributed by atoms with E-state index in [1.54, 1.807) is 0 Å². The quantitative estimate of drug-likeness (QED) is 0.690. The van der Waals surface area contributed by atoms with E-state index in [1.807, 2.05) is 0 Å². The van der Waals surface area contributed by atoms with Crippen molar-refractivity contribution >= 4 is 0 Å². The van der Waals surface area contributed by atoms with Crippen LogP contribution in [0.3, 0.4) is 0 Å². The molecule has 1 saturated heterocycles. The highest BCUT2D eigenvalue weighted by molar-refractivity contribution is 4.83. The zero-order chi connectivity index (χ0) is 9.68. The summed E-state index contributed by atoms with van der Waals surface area (Å²) >= 11 is 0. The normalized spacial score (nSPS) is 28.6. The second-order valence-corrected chi connectivity index (χ2v) is 4.87. The molecular formula is C12H25N. The lowest BCUT2D eigenvalue weighted by Gasteiger charge is -2.19. The summed E-state index contributed by atoms with van der Waals surface area (Å²) in [6.45, 7) is 8.21. The topological polar surface area (TPSA) is 12.0 Å². The molecule has 0 aromatic heterocycles. The number of hydrogen-bond donors (Lipinski definition) is 1. The van der Waals surface area contributed by atoms with Crippen LogP contribution in [0.25, 0.3) is 0 Å². The van der Waals surface area contributed by atoms with E-state index in [2.05, 4.69) is 26.1 Å². The molecule has 1 aliphatic heterocycles. The summed E-state index contributed by atoms with van der Waals surface area (Å²) in [4.78, 5) is 0. The zero-order valence-corrected chi connectivity index (χ0v) is 9.47. The third-order valence-electron chi connectivity index (χ3n) is 3.21. The van der Waals surface area contributed by atoms with Crippen molar-refractivity contribution in [3.63, 3.8) is 0 Å². The maximum atomic E-state index is 3.65. The third kappa shape index (κ3) is 3.68. The molecule has 1 fully saturated rings. The molecule has 1 heterocycles. The molecule has 0 aromatic carbocycles. The fourth-order valence-corrected chi connectivity index (χ4v) is 2.39. The lowest BCUT2D eigenvalue weighted by Crippen LogP contribution is -2.27. The lowest BCUT2D eigenvalue weighted by molar-refractivity contribution is 0.369. The minimum atomic E-state index is 0.836. The van der Waals surface area contributed by atoms with Gasteiger partial charge in [0.25, 0.3) is 0 Å². The molecule has 0 saturated carbocycles. The summed E-state index contributed by atoms with van der Waals surface area (Å²) in [5, 5.41) is 3.65. The van der Waals surface area contributed by atoms with E-state index in [0.717, 1.165) is 17.9 Å². The van der Waals surface area contributed by atoms with E-state index in [4.69, 9.17) is 0 Å². The Morgan fingerprint density at radius 1 is 1.31 bits per heavy atom. The van der Waals surface area contributed by atoms with Gasteiger partial charge in [0.05, 0.1) is 0 Å². The Bertz CT molecular complexity index is 131. The molecule has 0 aromatic rings. The molecule has 0 bridgehead atoms. The molecular weight excluding hydrogens is 158 g/mol. The molecule has 1 heteroatoms. The SMILES string of the molecule is CCCC1CCNC1CCC(C)C. The first-order chi connectivity index (χ1) is 6.24. The van der Waals surface area contributed by atoms with Gasteiger partial charge in [0.1, 0.15) is 0 Å². The van der Waals surface area contributed by atoms with Gasteiger partial charge in [-0.3, -0.25) is 0 Å². The van der Waals surface area contributed by atoms with Crippen molar-refractivity contribution in [2.45, 2.75) is 58.9 Å². The molecule has 1 aliphatic rings. The number of nitrogens with one attached hydrogen (secondary N) is 1. The van der Waals surface area contributed by atoms with Gasteiger partial charge in [0.2, 0.25) is 0 Å². The molecule has 0 radical (unpaired) electrons. The van der Waals surface area contributed by atoms with Crippen LogP contribution in [0.2, 0.25) is 0 Å². The van der Waals surface area contributed by atoms with Crippen LogP contribution in [0.15, 0.2) is 0 Å². The predicted molar refractivity (Wildman–Crippen MR) is 58.9 cm³/mol. The molecule has 2 unspecified atom stereocenters. The van der Waals surface area contributed by atoms with Gasteiger partial charge < -0.3 is 5.32 Å². The predicted octanol–water partition coefficient (Wildman–Crippen LogP) is 3.20. The van der Waals surface area contributed by atoms with Gasteiger partial charge in [0, 0.05) is 6.04 Å². The summed E-state index contributed by atoms with van der Waals surface area (Å²) in [5.74, 6) is 1.84. The van der Waals surface area contributed by atoms with E-state index < -0.39 is 0 Å². The smallest absolute Gasteiger partial charge is 0.00958 e. The first kappa shape index (κ1) is 11.0. The van der Waals surface area contributed by atoms with Gasteiger partial charge in [-0.25, -0.2) is 0 Å². The highest BCUT2D eigenvalue weighted by Crippen LogP contribution is 2.25. The van der Waals surface area contributed by atoms with E-state index >= 15 is 0 Å². The maximum absolute atomic E-state index is 3.65. The van der Waals surface area contributed by atoms with Crippen LogP contribution in [0, 0.1) is 11.8 Å². The van der Waals surface area contributed by atoms with Crippen LogP contribution in [0.5, 0.6) is 0 Å². The zero-order valence-electron chi connectivity index (χ0n) is 9.47. The highest BCUT2D eigenvalue weighted by Gasteiger charge is 2.25. The van der Waals surface area contributed by atoms with E-state index in [1.165, 1.54) is 38.6 Å². The second-order valence-electron chi connectivity index (χ2n) is 4.87. The van der Waals surface area contributed by atoms with Crippen LogP contribution in [0.4, 0.5) is 0 Å². The summed E-state index contributed by atoms with van der Waals surface area (Å²) in [6, 6.07) is 0.836. The number of hydrogen-bond acceptors (Lipinski definition) is 1. The van der Waals surface area contributed by atoms with Gasteiger partial charge in [-0.05, 0) is 44.1 Å². The summed E-state index contributed by atoms with van der Waals surface area (Å²) in [7, 11) is 0. The van der Waals surface area contributed by atoms with Crippen LogP contribution in [-0.4, -0.2) is 12.6 Å². The van der Waals surface area contributed by atoms with E-state index in [9.17, 15) is 0 Å². The molecule has 0 amide bonds. The molecule has 78 valence electrons. The maximum Gasteiger partial charge on any atom is 0.00958 e. The van der Waals surface area contributed by atoms with Crippen LogP contribution >= 0.6 is 0 Å². The van der Waals surface area contributed by atoms with Crippen LogP contribution < -0.4 is 5.32 Å². The van der Waals surface area contributed by atoms with Crippen LogP contribution in [0.1, 0.15) is 52.9 Å². The van der Waals surface area contributed by atoms with E-state index in [0.29, 0.717) is 0 Å². The largest absolute Gasteiger partial charge is 0.314 e. The minimum Gasteiger partial charge on any atom is -0.314 e. The minimum absolute atomic E-state index is 0.836. The first-order valence-electron chi connectivity index (χ1n) is 5.97. The molecule has 1 nitrogen and oxygen atoms in total. The fraction of sp³-hybridized carbons (Fsp3) is 1.00. The molecule has 2 atom stereocenters. The van der Waals surface area contributed by atoms with Crippen molar-refractivity contribution in [3.8, 4) is 0 Å². The lowest BCUT2D eigenvalue weighted by atomic mass is 9.91. The van der Waals surface area contributed by atoms with Crippen molar-refractivity contribution < 1.29 is 0 Å².